The van der Waals surface area contributed by atoms with Gasteiger partial charge in [-0.3, -0.25) is 14.9 Å². The van der Waals surface area contributed by atoms with E-state index in [1.165, 1.54) is 42.6 Å². The zero-order valence-corrected chi connectivity index (χ0v) is 19.0. The summed E-state index contributed by atoms with van der Waals surface area (Å²) in [6.45, 7) is 0.234. The Morgan fingerprint density at radius 2 is 2.03 bits per heavy atom. The molecule has 1 aromatic heterocycles. The van der Waals surface area contributed by atoms with E-state index in [1.54, 1.807) is 24.3 Å². The minimum atomic E-state index is -0.588. The Balaban J connectivity index is 1.37. The topological polar surface area (TPSA) is 107 Å². The summed E-state index contributed by atoms with van der Waals surface area (Å²) >= 11 is 2.11. The van der Waals surface area contributed by atoms with Crippen LogP contribution in [0.2, 0.25) is 0 Å². The maximum absolute atomic E-state index is 13.3. The van der Waals surface area contributed by atoms with Crippen LogP contribution in [0.3, 0.4) is 0 Å². The zero-order chi connectivity index (χ0) is 23.4. The Kier molecular flexibility index (Phi) is 6.63. The number of carbonyl (C=O) groups excluding carboxylic acids is 1. The smallest absolute Gasteiger partial charge is 0.307 e. The first-order valence-corrected chi connectivity index (χ1v) is 10.6. The number of hydrogen-bond donors (Lipinski definition) is 1. The number of nitro groups is 1. The summed E-state index contributed by atoms with van der Waals surface area (Å²) < 4.78 is 25.3. The number of furan rings is 1. The van der Waals surface area contributed by atoms with E-state index in [2.05, 4.69) is 33.1 Å². The van der Waals surface area contributed by atoms with Gasteiger partial charge in [0, 0.05) is 17.5 Å². The maximum atomic E-state index is 13.3. The second-order valence-corrected chi connectivity index (χ2v) is 8.06. The van der Waals surface area contributed by atoms with Crippen molar-refractivity contribution in [2.45, 2.75) is 6.61 Å². The lowest BCUT2D eigenvalue weighted by atomic mass is 10.2. The van der Waals surface area contributed by atoms with Crippen molar-refractivity contribution in [1.82, 2.24) is 5.43 Å². The number of halogens is 2. The SMILES string of the molecule is O=C(N/N=C\c1ccc(OCc2cccc(F)c2)c(I)c1)c1cc2cc([N+](=O)[O-])ccc2o1. The molecule has 0 fully saturated rings. The molecule has 1 heterocycles. The fourth-order valence-electron chi connectivity index (χ4n) is 2.98. The van der Waals surface area contributed by atoms with Crippen molar-refractivity contribution in [3.63, 3.8) is 0 Å². The van der Waals surface area contributed by atoms with Crippen molar-refractivity contribution in [2.24, 2.45) is 5.10 Å². The highest BCUT2D eigenvalue weighted by Gasteiger charge is 2.14. The number of fused-ring (bicyclic) bond motifs is 1. The van der Waals surface area contributed by atoms with Gasteiger partial charge in [0.15, 0.2) is 5.76 Å². The van der Waals surface area contributed by atoms with E-state index >= 15 is 0 Å². The number of ether oxygens (including phenoxy) is 1. The Morgan fingerprint density at radius 3 is 2.79 bits per heavy atom. The standard InChI is InChI=1S/C23H15FIN3O5/c24-17-3-1-2-15(8-17)13-32-21-6-4-14(9-19(21)25)12-26-27-23(29)22-11-16-10-18(28(30)31)5-7-20(16)33-22/h1-12H,13H2,(H,27,29)/b26-12-. The Hall–Kier alpha value is -3.80. The van der Waals surface area contributed by atoms with Crippen LogP contribution in [-0.2, 0) is 6.61 Å². The van der Waals surface area contributed by atoms with E-state index in [1.807, 2.05) is 6.07 Å². The summed E-state index contributed by atoms with van der Waals surface area (Å²) in [5.41, 5.74) is 4.08. The van der Waals surface area contributed by atoms with Crippen molar-refractivity contribution in [3.05, 3.63) is 103 Å². The molecule has 0 aliphatic heterocycles. The van der Waals surface area contributed by atoms with Gasteiger partial charge in [-0.05, 0) is 76.2 Å². The van der Waals surface area contributed by atoms with Crippen LogP contribution < -0.4 is 10.2 Å². The van der Waals surface area contributed by atoms with Crippen LogP contribution >= 0.6 is 22.6 Å². The highest BCUT2D eigenvalue weighted by Crippen LogP contribution is 2.25. The van der Waals surface area contributed by atoms with Gasteiger partial charge in [0.1, 0.15) is 23.8 Å². The lowest BCUT2D eigenvalue weighted by Gasteiger charge is -2.09. The first-order valence-electron chi connectivity index (χ1n) is 9.57. The normalized spacial score (nSPS) is 11.1. The molecule has 0 aliphatic rings. The molecule has 0 radical (unpaired) electrons. The van der Waals surface area contributed by atoms with Gasteiger partial charge in [0.05, 0.1) is 14.7 Å². The third kappa shape index (κ3) is 5.52. The minimum absolute atomic E-state index is 0.0154. The van der Waals surface area contributed by atoms with Crippen LogP contribution in [0.4, 0.5) is 10.1 Å². The summed E-state index contributed by atoms with van der Waals surface area (Å²) in [5.74, 6) is -0.283. The molecule has 10 heteroatoms. The van der Waals surface area contributed by atoms with Crippen molar-refractivity contribution in [3.8, 4) is 5.75 Å². The van der Waals surface area contributed by atoms with Gasteiger partial charge in [-0.25, -0.2) is 9.82 Å². The Labute approximate surface area is 200 Å². The molecule has 3 aromatic carbocycles. The number of benzene rings is 3. The largest absolute Gasteiger partial charge is 0.488 e. The molecule has 0 saturated carbocycles. The van der Waals surface area contributed by atoms with Crippen LogP contribution in [0, 0.1) is 19.5 Å². The lowest BCUT2D eigenvalue weighted by Crippen LogP contribution is -2.16. The Bertz CT molecular complexity index is 1390. The average Bonchev–Trinajstić information content (AvgIpc) is 3.22. The molecule has 33 heavy (non-hydrogen) atoms. The van der Waals surface area contributed by atoms with Crippen LogP contribution in [0.5, 0.6) is 5.75 Å². The molecule has 0 bridgehead atoms. The lowest BCUT2D eigenvalue weighted by molar-refractivity contribution is -0.384. The number of amides is 1. The minimum Gasteiger partial charge on any atom is -0.488 e. The van der Waals surface area contributed by atoms with E-state index in [9.17, 15) is 19.3 Å². The van der Waals surface area contributed by atoms with E-state index in [0.29, 0.717) is 16.7 Å². The maximum Gasteiger partial charge on any atom is 0.307 e. The highest BCUT2D eigenvalue weighted by atomic mass is 127. The number of carbonyl (C=O) groups is 1. The predicted octanol–water partition coefficient (Wildman–Crippen LogP) is 5.43. The fourth-order valence-corrected chi connectivity index (χ4v) is 3.67. The summed E-state index contributed by atoms with van der Waals surface area (Å²) in [5, 5.41) is 15.2. The molecule has 0 spiro atoms. The second kappa shape index (κ2) is 9.77. The third-order valence-electron chi connectivity index (χ3n) is 4.55. The number of nitrogens with zero attached hydrogens (tertiary/aromatic N) is 2. The van der Waals surface area contributed by atoms with E-state index in [-0.39, 0.29) is 23.9 Å². The van der Waals surface area contributed by atoms with Crippen LogP contribution in [0.25, 0.3) is 11.0 Å². The molecular formula is C23H15FIN3O5. The Morgan fingerprint density at radius 1 is 1.18 bits per heavy atom. The van der Waals surface area contributed by atoms with E-state index in [0.717, 1.165) is 14.7 Å². The molecular weight excluding hydrogens is 544 g/mol. The third-order valence-corrected chi connectivity index (χ3v) is 5.40. The number of nitro benzene ring substituents is 1. The molecule has 4 aromatic rings. The zero-order valence-electron chi connectivity index (χ0n) is 16.8. The van der Waals surface area contributed by atoms with Gasteiger partial charge in [-0.2, -0.15) is 5.10 Å². The van der Waals surface area contributed by atoms with Crippen molar-refractivity contribution in [1.29, 1.82) is 0 Å². The van der Waals surface area contributed by atoms with Gasteiger partial charge < -0.3 is 9.15 Å². The van der Waals surface area contributed by atoms with E-state index in [4.69, 9.17) is 9.15 Å². The molecule has 0 unspecified atom stereocenters. The number of hydrazone groups is 1. The number of non-ortho nitro benzene ring substituents is 1. The predicted molar refractivity (Wildman–Crippen MR) is 128 cm³/mol. The number of hydrogen-bond acceptors (Lipinski definition) is 6. The molecule has 0 atom stereocenters. The molecule has 4 rings (SSSR count). The number of rotatable bonds is 7. The van der Waals surface area contributed by atoms with Gasteiger partial charge in [0.2, 0.25) is 0 Å². The average molecular weight is 559 g/mol. The molecule has 0 aliphatic carbocycles. The van der Waals surface area contributed by atoms with E-state index < -0.39 is 10.8 Å². The monoisotopic (exact) mass is 559 g/mol. The van der Waals surface area contributed by atoms with Crippen molar-refractivity contribution < 1.29 is 23.3 Å². The summed E-state index contributed by atoms with van der Waals surface area (Å²) in [6, 6.07) is 17.0. The van der Waals surface area contributed by atoms with Crippen LogP contribution in [0.15, 0.2) is 76.2 Å². The quantitative estimate of drug-likeness (QED) is 0.141. The summed E-state index contributed by atoms with van der Waals surface area (Å²) in [6.07, 6.45) is 1.46. The first kappa shape index (κ1) is 22.4. The molecule has 1 N–H and O–H groups in total. The van der Waals surface area contributed by atoms with Gasteiger partial charge in [-0.1, -0.05) is 12.1 Å². The number of nitrogens with one attached hydrogen (secondary N) is 1. The second-order valence-electron chi connectivity index (χ2n) is 6.90. The summed E-state index contributed by atoms with van der Waals surface area (Å²) in [7, 11) is 0. The molecule has 0 saturated heterocycles. The molecule has 8 nitrogen and oxygen atoms in total. The fraction of sp³-hybridized carbons (Fsp3) is 0.0435. The van der Waals surface area contributed by atoms with Gasteiger partial charge >= 0.3 is 5.91 Å². The van der Waals surface area contributed by atoms with Gasteiger partial charge in [-0.15, -0.1) is 0 Å². The van der Waals surface area contributed by atoms with Crippen molar-refractivity contribution in [2.75, 3.05) is 0 Å². The van der Waals surface area contributed by atoms with Crippen LogP contribution in [-0.4, -0.2) is 17.0 Å². The molecule has 1 amide bonds. The highest BCUT2D eigenvalue weighted by molar-refractivity contribution is 14.1. The van der Waals surface area contributed by atoms with Gasteiger partial charge in [0.25, 0.3) is 5.69 Å². The van der Waals surface area contributed by atoms with Crippen molar-refractivity contribution >= 4 is 51.4 Å². The molecule has 166 valence electrons. The summed E-state index contributed by atoms with van der Waals surface area (Å²) in [4.78, 5) is 22.6. The van der Waals surface area contributed by atoms with Crippen LogP contribution in [0.1, 0.15) is 21.7 Å². The first-order chi connectivity index (χ1) is 15.9.